The van der Waals surface area contributed by atoms with Gasteiger partial charge in [0, 0.05) is 13.8 Å². The van der Waals surface area contributed by atoms with Crippen molar-refractivity contribution < 1.29 is 28.9 Å². The minimum Gasteiger partial charge on any atom is -0.456 e. The Balaban J connectivity index is 2.04. The first-order valence-corrected chi connectivity index (χ1v) is 7.74. The van der Waals surface area contributed by atoms with Gasteiger partial charge in [-0.2, -0.15) is 0 Å². The monoisotopic (exact) mass is 370 g/mol. The highest BCUT2D eigenvalue weighted by atomic mass is 35.5. The molecule has 1 fully saturated rings. The van der Waals surface area contributed by atoms with Gasteiger partial charge in [0.15, 0.2) is 29.2 Å². The van der Waals surface area contributed by atoms with E-state index in [2.05, 4.69) is 15.0 Å². The molecule has 0 amide bonds. The Morgan fingerprint density at radius 1 is 1.24 bits per heavy atom. The van der Waals surface area contributed by atoms with Gasteiger partial charge in [0.1, 0.15) is 17.9 Å². The highest BCUT2D eigenvalue weighted by molar-refractivity contribution is 6.33. The summed E-state index contributed by atoms with van der Waals surface area (Å²) in [6, 6.07) is 0. The van der Waals surface area contributed by atoms with Crippen LogP contribution in [0.15, 0.2) is 12.7 Å². The minimum atomic E-state index is -0.996. The minimum absolute atomic E-state index is 0.154. The number of rotatable bonds is 4. The van der Waals surface area contributed by atoms with Crippen LogP contribution in [0.2, 0.25) is 5.15 Å². The van der Waals surface area contributed by atoms with Gasteiger partial charge in [-0.1, -0.05) is 11.6 Å². The average Bonchev–Trinajstić information content (AvgIpc) is 3.10. The molecule has 0 radical (unpaired) electrons. The van der Waals surface area contributed by atoms with Crippen molar-refractivity contribution in [1.29, 1.82) is 0 Å². The number of carbonyl (C=O) groups is 2. The zero-order valence-corrected chi connectivity index (χ0v) is 14.1. The van der Waals surface area contributed by atoms with Crippen molar-refractivity contribution in [3.63, 3.8) is 0 Å². The van der Waals surface area contributed by atoms with Crippen LogP contribution in [0.1, 0.15) is 20.1 Å². The first-order chi connectivity index (χ1) is 11.9. The third-order valence-electron chi connectivity index (χ3n) is 3.66. The Labute approximate surface area is 146 Å². The van der Waals surface area contributed by atoms with E-state index in [9.17, 15) is 14.7 Å². The summed E-state index contributed by atoms with van der Waals surface area (Å²) in [7, 11) is 0. The maximum Gasteiger partial charge on any atom is 0.303 e. The van der Waals surface area contributed by atoms with Gasteiger partial charge in [-0.15, -0.1) is 0 Å². The first kappa shape index (κ1) is 17.5. The van der Waals surface area contributed by atoms with Gasteiger partial charge >= 0.3 is 11.9 Å². The summed E-state index contributed by atoms with van der Waals surface area (Å²) in [5, 5.41) is 9.70. The molecule has 0 aromatic carbocycles. The Hall–Kier alpha value is -2.30. The molecule has 3 rings (SSSR count). The van der Waals surface area contributed by atoms with Crippen LogP contribution < -0.4 is 0 Å². The number of imidazole rings is 1. The fourth-order valence-electron chi connectivity index (χ4n) is 2.74. The lowest BCUT2D eigenvalue weighted by Gasteiger charge is -2.23. The molecular weight excluding hydrogens is 356 g/mol. The molecular formula is C14H15ClN4O6. The summed E-state index contributed by atoms with van der Waals surface area (Å²) in [5.41, 5.74) is 0.688. The number of aliphatic hydroxyl groups excluding tert-OH is 1. The van der Waals surface area contributed by atoms with Crippen molar-refractivity contribution in [2.45, 2.75) is 38.4 Å². The van der Waals surface area contributed by atoms with E-state index >= 15 is 0 Å². The molecule has 10 nitrogen and oxygen atoms in total. The molecule has 1 saturated heterocycles. The number of nitrogens with zero attached hydrogens (tertiary/aromatic N) is 4. The predicted octanol–water partition coefficient (Wildman–Crippen LogP) is 0.233. The number of halogens is 1. The topological polar surface area (TPSA) is 126 Å². The summed E-state index contributed by atoms with van der Waals surface area (Å²) in [5.74, 6) is -1.18. The summed E-state index contributed by atoms with van der Waals surface area (Å²) in [6.45, 7) is 2.00. The first-order valence-electron chi connectivity index (χ1n) is 7.36. The fourth-order valence-corrected chi connectivity index (χ4v) is 2.92. The number of esters is 2. The van der Waals surface area contributed by atoms with Crippen LogP contribution in [0.4, 0.5) is 0 Å². The number of hydrogen-bond acceptors (Lipinski definition) is 9. The molecule has 0 saturated carbocycles. The predicted molar refractivity (Wildman–Crippen MR) is 82.4 cm³/mol. The maximum absolute atomic E-state index is 11.5. The zero-order chi connectivity index (χ0) is 18.1. The third-order valence-corrected chi connectivity index (χ3v) is 3.93. The van der Waals surface area contributed by atoms with Gasteiger partial charge in [0.05, 0.1) is 12.9 Å². The van der Waals surface area contributed by atoms with Gasteiger partial charge in [-0.3, -0.25) is 14.2 Å². The molecule has 0 spiro atoms. The second-order valence-electron chi connectivity index (χ2n) is 5.38. The van der Waals surface area contributed by atoms with Gasteiger partial charge in [0.2, 0.25) is 0 Å². The van der Waals surface area contributed by atoms with E-state index in [1.807, 2.05) is 0 Å². The molecule has 1 N–H and O–H groups in total. The lowest BCUT2D eigenvalue weighted by molar-refractivity contribution is -0.165. The zero-order valence-electron chi connectivity index (χ0n) is 13.3. The molecule has 134 valence electrons. The van der Waals surface area contributed by atoms with Crippen molar-refractivity contribution in [1.82, 2.24) is 19.5 Å². The van der Waals surface area contributed by atoms with Crippen LogP contribution in [0.3, 0.4) is 0 Å². The van der Waals surface area contributed by atoms with Crippen LogP contribution in [-0.4, -0.2) is 61.5 Å². The quantitative estimate of drug-likeness (QED) is 0.594. The molecule has 2 aromatic rings. The number of aromatic nitrogens is 4. The number of aliphatic hydroxyl groups is 1. The van der Waals surface area contributed by atoms with E-state index in [4.69, 9.17) is 25.8 Å². The van der Waals surface area contributed by atoms with Crippen LogP contribution in [0, 0.1) is 0 Å². The van der Waals surface area contributed by atoms with Crippen molar-refractivity contribution in [3.8, 4) is 0 Å². The van der Waals surface area contributed by atoms with Crippen molar-refractivity contribution >= 4 is 34.7 Å². The lowest BCUT2D eigenvalue weighted by atomic mass is 10.1. The van der Waals surface area contributed by atoms with E-state index in [0.717, 1.165) is 0 Å². The van der Waals surface area contributed by atoms with E-state index in [-0.39, 0.29) is 5.15 Å². The molecule has 3 heterocycles. The highest BCUT2D eigenvalue weighted by Gasteiger charge is 2.50. The molecule has 1 aliphatic rings. The molecule has 11 heteroatoms. The number of carbonyl (C=O) groups excluding carboxylic acids is 2. The molecule has 2 aromatic heterocycles. The fraction of sp³-hybridized carbons (Fsp3) is 0.500. The molecule has 1 aliphatic heterocycles. The van der Waals surface area contributed by atoms with E-state index in [1.54, 1.807) is 0 Å². The smallest absolute Gasteiger partial charge is 0.303 e. The molecule has 0 bridgehead atoms. The average molecular weight is 371 g/mol. The lowest BCUT2D eigenvalue weighted by Crippen LogP contribution is -2.40. The highest BCUT2D eigenvalue weighted by Crippen LogP contribution is 2.35. The molecule has 25 heavy (non-hydrogen) atoms. The Bertz CT molecular complexity index is 812. The largest absolute Gasteiger partial charge is 0.456 e. The summed E-state index contributed by atoms with van der Waals surface area (Å²) < 4.78 is 17.7. The van der Waals surface area contributed by atoms with Crippen LogP contribution in [0.25, 0.3) is 11.2 Å². The van der Waals surface area contributed by atoms with Crippen molar-refractivity contribution in [3.05, 3.63) is 17.8 Å². The standard InChI is InChI=1S/C14H15ClN4O6/c1-6(21)23-10-8(3-20)25-14(11(10)24-7(2)22)19-5-18-9-12(15)16-4-17-13(9)19/h4-5,8,10-11,14,20H,3H2,1-2H3/t8-,10-,11-,14-/m1/s1. The summed E-state index contributed by atoms with van der Waals surface area (Å²) >= 11 is 5.99. The second-order valence-corrected chi connectivity index (χ2v) is 5.74. The van der Waals surface area contributed by atoms with Gasteiger partial charge in [-0.05, 0) is 0 Å². The van der Waals surface area contributed by atoms with Crippen molar-refractivity contribution in [2.24, 2.45) is 0 Å². The normalized spacial score (nSPS) is 25.9. The summed E-state index contributed by atoms with van der Waals surface area (Å²) in [6.07, 6.45) is -1.12. The van der Waals surface area contributed by atoms with Crippen LogP contribution in [-0.2, 0) is 23.8 Å². The maximum atomic E-state index is 11.5. The van der Waals surface area contributed by atoms with Gasteiger partial charge in [-0.25, -0.2) is 15.0 Å². The van der Waals surface area contributed by atoms with E-state index < -0.39 is 43.1 Å². The van der Waals surface area contributed by atoms with Crippen LogP contribution in [0.5, 0.6) is 0 Å². The van der Waals surface area contributed by atoms with E-state index in [1.165, 1.54) is 31.1 Å². The molecule has 0 unspecified atom stereocenters. The Morgan fingerprint density at radius 3 is 2.56 bits per heavy atom. The third kappa shape index (κ3) is 3.28. The Kier molecular flexibility index (Phi) is 4.84. The number of ether oxygens (including phenoxy) is 3. The van der Waals surface area contributed by atoms with Gasteiger partial charge < -0.3 is 19.3 Å². The second kappa shape index (κ2) is 6.90. The molecule has 4 atom stereocenters. The number of fused-ring (bicyclic) bond motifs is 1. The van der Waals surface area contributed by atoms with Crippen LogP contribution >= 0.6 is 11.6 Å². The summed E-state index contributed by atoms with van der Waals surface area (Å²) in [4.78, 5) is 35.0. The van der Waals surface area contributed by atoms with Crippen molar-refractivity contribution in [2.75, 3.05) is 6.61 Å². The SMILES string of the molecule is CC(=O)O[C@@H]1[C@H](OC(C)=O)[C@@H](CO)O[C@H]1n1cnc2c(Cl)ncnc21. The molecule has 0 aliphatic carbocycles. The van der Waals surface area contributed by atoms with E-state index in [0.29, 0.717) is 11.2 Å². The van der Waals surface area contributed by atoms with Gasteiger partial charge in [0.25, 0.3) is 0 Å². The number of hydrogen-bond donors (Lipinski definition) is 1. The Morgan fingerprint density at radius 2 is 1.92 bits per heavy atom.